The van der Waals surface area contributed by atoms with E-state index in [4.69, 9.17) is 9.47 Å². The summed E-state index contributed by atoms with van der Waals surface area (Å²) in [5.41, 5.74) is 0. The van der Waals surface area contributed by atoms with Crippen LogP contribution in [0.2, 0.25) is 0 Å². The Balaban J connectivity index is 1.73. The summed E-state index contributed by atoms with van der Waals surface area (Å²) in [7, 11) is 0. The number of nitrogens with zero attached hydrogens (tertiary/aromatic N) is 2. The fraction of sp³-hybridized carbons (Fsp3) is 0.875. The Labute approximate surface area is 77.0 Å². The van der Waals surface area contributed by atoms with Crippen molar-refractivity contribution in [1.29, 1.82) is 0 Å². The molecule has 73 valence electrons. The average Bonchev–Trinajstić information content (AvgIpc) is 2.53. The summed E-state index contributed by atoms with van der Waals surface area (Å²) in [4.78, 5) is 12.9. The number of hydrogen-bond donors (Lipinski definition) is 0. The van der Waals surface area contributed by atoms with E-state index >= 15 is 0 Å². The molecule has 1 radical (unpaired) electrons. The van der Waals surface area contributed by atoms with Crippen molar-refractivity contribution in [2.24, 2.45) is 0 Å². The number of amides is 1. The van der Waals surface area contributed by atoms with Gasteiger partial charge in [0.15, 0.2) is 0 Å². The third kappa shape index (κ3) is 2.32. The second-order valence-corrected chi connectivity index (χ2v) is 3.26. The minimum Gasteiger partial charge on any atom is -0.442 e. The van der Waals surface area contributed by atoms with Gasteiger partial charge >= 0.3 is 6.09 Å². The first-order valence-corrected chi connectivity index (χ1v) is 4.53. The average molecular weight is 185 g/mol. The Hall–Kier alpha value is -0.810. The topological polar surface area (TPSA) is 52.9 Å². The van der Waals surface area contributed by atoms with E-state index in [9.17, 15) is 4.79 Å². The van der Waals surface area contributed by atoms with Crippen LogP contribution >= 0.6 is 0 Å². The van der Waals surface area contributed by atoms with Crippen LogP contribution in [-0.2, 0) is 9.47 Å². The van der Waals surface area contributed by atoms with Crippen LogP contribution in [0.5, 0.6) is 0 Å². The summed E-state index contributed by atoms with van der Waals surface area (Å²) < 4.78 is 10.2. The van der Waals surface area contributed by atoms with Crippen LogP contribution in [0.15, 0.2) is 0 Å². The molecule has 13 heavy (non-hydrogen) atoms. The normalized spacial score (nSPS) is 29.8. The summed E-state index contributed by atoms with van der Waals surface area (Å²) in [5, 5.41) is 3.66. The lowest BCUT2D eigenvalue weighted by molar-refractivity contribution is 0.0188. The molecular weight excluding hydrogens is 172 g/mol. The maximum absolute atomic E-state index is 10.7. The molecule has 2 heterocycles. The van der Waals surface area contributed by atoms with Crippen LogP contribution in [0.25, 0.3) is 0 Å². The summed E-state index contributed by atoms with van der Waals surface area (Å²) >= 11 is 0. The van der Waals surface area contributed by atoms with E-state index in [1.165, 1.54) is 0 Å². The molecule has 2 aliphatic rings. The fourth-order valence-corrected chi connectivity index (χ4v) is 1.56. The molecule has 0 aromatic heterocycles. The Kier molecular flexibility index (Phi) is 2.65. The second kappa shape index (κ2) is 3.93. The van der Waals surface area contributed by atoms with Crippen molar-refractivity contribution in [2.45, 2.75) is 6.10 Å². The van der Waals surface area contributed by atoms with Crippen LogP contribution in [0.4, 0.5) is 4.79 Å². The number of morpholine rings is 1. The molecule has 5 nitrogen and oxygen atoms in total. The quantitative estimate of drug-likeness (QED) is 0.578. The Morgan fingerprint density at radius 1 is 1.46 bits per heavy atom. The molecule has 0 aromatic rings. The number of carbonyl (C=O) groups excluding carboxylic acids is 1. The zero-order chi connectivity index (χ0) is 9.10. The summed E-state index contributed by atoms with van der Waals surface area (Å²) in [6.45, 7) is 4.70. The first kappa shape index (κ1) is 8.77. The number of ether oxygens (including phenoxy) is 2. The van der Waals surface area contributed by atoms with Gasteiger partial charge in [0.1, 0.15) is 6.10 Å². The monoisotopic (exact) mass is 185 g/mol. The Morgan fingerprint density at radius 2 is 2.23 bits per heavy atom. The zero-order valence-corrected chi connectivity index (χ0v) is 7.44. The van der Waals surface area contributed by atoms with Gasteiger partial charge in [-0.3, -0.25) is 4.90 Å². The van der Waals surface area contributed by atoms with Gasteiger partial charge in [0.25, 0.3) is 0 Å². The van der Waals surface area contributed by atoms with Gasteiger partial charge in [0.05, 0.1) is 19.8 Å². The van der Waals surface area contributed by atoms with Crippen LogP contribution < -0.4 is 5.32 Å². The van der Waals surface area contributed by atoms with Gasteiger partial charge < -0.3 is 9.47 Å². The molecule has 5 heteroatoms. The molecule has 2 rings (SSSR count). The highest BCUT2D eigenvalue weighted by atomic mass is 16.6. The molecule has 2 fully saturated rings. The van der Waals surface area contributed by atoms with Crippen LogP contribution in [0, 0.1) is 0 Å². The highest BCUT2D eigenvalue weighted by Crippen LogP contribution is 2.05. The highest BCUT2D eigenvalue weighted by molar-refractivity contribution is 5.69. The molecular formula is C8H13N2O3. The minimum atomic E-state index is -0.418. The van der Waals surface area contributed by atoms with E-state index in [2.05, 4.69) is 10.2 Å². The van der Waals surface area contributed by atoms with Crippen LogP contribution in [0.1, 0.15) is 0 Å². The smallest absolute Gasteiger partial charge is 0.429 e. The minimum absolute atomic E-state index is 0.0365. The van der Waals surface area contributed by atoms with Crippen molar-refractivity contribution in [2.75, 3.05) is 39.4 Å². The van der Waals surface area contributed by atoms with E-state index in [0.29, 0.717) is 6.54 Å². The molecule has 2 saturated heterocycles. The maximum atomic E-state index is 10.7. The van der Waals surface area contributed by atoms with E-state index in [1.807, 2.05) is 0 Å². The molecule has 0 N–H and O–H groups in total. The van der Waals surface area contributed by atoms with Gasteiger partial charge in [0, 0.05) is 19.6 Å². The first-order chi connectivity index (χ1) is 6.34. The molecule has 2 aliphatic heterocycles. The molecule has 1 unspecified atom stereocenters. The van der Waals surface area contributed by atoms with Crippen molar-refractivity contribution in [1.82, 2.24) is 10.2 Å². The van der Waals surface area contributed by atoms with Crippen molar-refractivity contribution >= 4 is 6.09 Å². The SMILES string of the molecule is O=C1[N]CC(CN2CCOCC2)O1. The molecule has 1 amide bonds. The van der Waals surface area contributed by atoms with E-state index in [-0.39, 0.29) is 6.10 Å². The largest absolute Gasteiger partial charge is 0.442 e. The summed E-state index contributed by atoms with van der Waals surface area (Å²) in [5.74, 6) is 0. The molecule has 0 spiro atoms. The summed E-state index contributed by atoms with van der Waals surface area (Å²) in [6.07, 6.45) is -0.455. The van der Waals surface area contributed by atoms with Crippen molar-refractivity contribution in [3.63, 3.8) is 0 Å². The fourth-order valence-electron chi connectivity index (χ4n) is 1.56. The Bertz CT molecular complexity index is 192. The third-order valence-electron chi connectivity index (χ3n) is 2.26. The lowest BCUT2D eigenvalue weighted by atomic mass is 10.3. The number of carbonyl (C=O) groups is 1. The van der Waals surface area contributed by atoms with Gasteiger partial charge in [-0.1, -0.05) is 0 Å². The molecule has 1 atom stereocenters. The number of hydrogen-bond acceptors (Lipinski definition) is 4. The first-order valence-electron chi connectivity index (χ1n) is 4.53. The van der Waals surface area contributed by atoms with Gasteiger partial charge in [-0.2, -0.15) is 0 Å². The van der Waals surface area contributed by atoms with Gasteiger partial charge in [-0.05, 0) is 0 Å². The lowest BCUT2D eigenvalue weighted by Gasteiger charge is -2.27. The van der Waals surface area contributed by atoms with Gasteiger partial charge in [-0.15, -0.1) is 0 Å². The highest BCUT2D eigenvalue weighted by Gasteiger charge is 2.26. The third-order valence-corrected chi connectivity index (χ3v) is 2.26. The summed E-state index contributed by atoms with van der Waals surface area (Å²) in [6, 6.07) is 0. The van der Waals surface area contributed by atoms with Crippen molar-refractivity contribution in [3.05, 3.63) is 0 Å². The lowest BCUT2D eigenvalue weighted by Crippen LogP contribution is -2.41. The van der Waals surface area contributed by atoms with E-state index in [1.54, 1.807) is 0 Å². The zero-order valence-electron chi connectivity index (χ0n) is 7.44. The molecule has 0 bridgehead atoms. The van der Waals surface area contributed by atoms with E-state index in [0.717, 1.165) is 32.8 Å². The number of cyclic esters (lactones) is 1. The molecule has 0 aliphatic carbocycles. The van der Waals surface area contributed by atoms with E-state index < -0.39 is 6.09 Å². The van der Waals surface area contributed by atoms with Crippen molar-refractivity contribution < 1.29 is 14.3 Å². The molecule has 0 aromatic carbocycles. The Morgan fingerprint density at radius 3 is 2.85 bits per heavy atom. The van der Waals surface area contributed by atoms with Gasteiger partial charge in [0.2, 0.25) is 0 Å². The van der Waals surface area contributed by atoms with Crippen LogP contribution in [0.3, 0.4) is 0 Å². The van der Waals surface area contributed by atoms with Gasteiger partial charge in [-0.25, -0.2) is 10.1 Å². The second-order valence-electron chi connectivity index (χ2n) is 3.26. The number of rotatable bonds is 2. The standard InChI is InChI=1S/C8H13N2O3/c11-8-9-5-7(13-8)6-10-1-3-12-4-2-10/h7H,1-6H2. The predicted molar refractivity (Wildman–Crippen MR) is 44.5 cm³/mol. The molecule has 0 saturated carbocycles. The van der Waals surface area contributed by atoms with Crippen LogP contribution in [-0.4, -0.2) is 56.5 Å². The van der Waals surface area contributed by atoms with Crippen molar-refractivity contribution in [3.8, 4) is 0 Å². The maximum Gasteiger partial charge on any atom is 0.429 e. The predicted octanol–water partition coefficient (Wildman–Crippen LogP) is -0.558.